The van der Waals surface area contributed by atoms with Gasteiger partial charge in [0.1, 0.15) is 23.0 Å². The second-order valence-electron chi connectivity index (χ2n) is 8.05. The first kappa shape index (κ1) is 23.4. The molecule has 0 aliphatic carbocycles. The van der Waals surface area contributed by atoms with E-state index in [1.165, 1.54) is 35.5 Å². The van der Waals surface area contributed by atoms with Crippen molar-refractivity contribution in [3.05, 3.63) is 83.4 Å². The molecule has 1 fully saturated rings. The van der Waals surface area contributed by atoms with E-state index in [0.717, 1.165) is 4.70 Å². The number of aliphatic hydroxyl groups excluding tert-OH is 1. The molecular weight excluding hydrogens is 480 g/mol. The monoisotopic (exact) mass is 502 g/mol. The Hall–Kier alpha value is -4.37. The molecule has 36 heavy (non-hydrogen) atoms. The zero-order valence-corrected chi connectivity index (χ0v) is 20.3. The first-order valence-electron chi connectivity index (χ1n) is 11.2. The third kappa shape index (κ3) is 4.03. The van der Waals surface area contributed by atoms with E-state index in [1.54, 1.807) is 48.5 Å². The molecule has 1 aliphatic rings. The Labute approximate surface area is 210 Å². The minimum absolute atomic E-state index is 0.0364. The van der Waals surface area contributed by atoms with Crippen molar-refractivity contribution in [2.24, 2.45) is 0 Å². The summed E-state index contributed by atoms with van der Waals surface area (Å²) in [4.78, 5) is 32.6. The van der Waals surface area contributed by atoms with Gasteiger partial charge in [-0.25, -0.2) is 4.98 Å². The zero-order chi connectivity index (χ0) is 25.4. The summed E-state index contributed by atoms with van der Waals surface area (Å²) in [5.41, 5.74) is 1.49. The Balaban J connectivity index is 1.67. The highest BCUT2D eigenvalue weighted by molar-refractivity contribution is 7.22. The van der Waals surface area contributed by atoms with Gasteiger partial charge in [-0.15, -0.1) is 0 Å². The lowest BCUT2D eigenvalue weighted by Crippen LogP contribution is -2.29. The van der Waals surface area contributed by atoms with Crippen molar-refractivity contribution in [1.29, 1.82) is 0 Å². The van der Waals surface area contributed by atoms with Gasteiger partial charge < -0.3 is 19.7 Å². The molecule has 1 atom stereocenters. The average molecular weight is 503 g/mol. The van der Waals surface area contributed by atoms with Gasteiger partial charge >= 0.3 is 5.91 Å². The number of anilines is 1. The summed E-state index contributed by atoms with van der Waals surface area (Å²) in [6, 6.07) is 17.2. The fourth-order valence-electron chi connectivity index (χ4n) is 4.16. The van der Waals surface area contributed by atoms with E-state index < -0.39 is 17.7 Å². The fourth-order valence-corrected chi connectivity index (χ4v) is 5.18. The zero-order valence-electron chi connectivity index (χ0n) is 19.5. The maximum Gasteiger partial charge on any atom is 0.301 e. The molecule has 2 heterocycles. The molecule has 9 heteroatoms. The van der Waals surface area contributed by atoms with Crippen LogP contribution in [0.15, 0.2) is 72.3 Å². The van der Waals surface area contributed by atoms with E-state index in [2.05, 4.69) is 4.98 Å². The van der Waals surface area contributed by atoms with Crippen LogP contribution in [0.25, 0.3) is 16.0 Å². The van der Waals surface area contributed by atoms with Gasteiger partial charge in [0, 0.05) is 5.56 Å². The van der Waals surface area contributed by atoms with Gasteiger partial charge in [-0.05, 0) is 67.1 Å². The summed E-state index contributed by atoms with van der Waals surface area (Å²) < 4.78 is 11.5. The molecule has 8 nitrogen and oxygen atoms in total. The van der Waals surface area contributed by atoms with Crippen LogP contribution in [-0.4, -0.2) is 40.6 Å². The molecule has 2 N–H and O–H groups in total. The molecule has 1 aliphatic heterocycles. The smallest absolute Gasteiger partial charge is 0.301 e. The lowest BCUT2D eigenvalue weighted by molar-refractivity contribution is -0.132. The number of methoxy groups -OCH3 is 1. The number of benzene rings is 3. The Bertz CT molecular complexity index is 1490. The molecule has 182 valence electrons. The number of nitrogens with zero attached hydrogens (tertiary/aromatic N) is 2. The molecular formula is C27H22N2O6S. The minimum Gasteiger partial charge on any atom is -0.508 e. The normalized spacial score (nSPS) is 17.1. The first-order chi connectivity index (χ1) is 17.4. The second kappa shape index (κ2) is 9.35. The number of amides is 1. The lowest BCUT2D eigenvalue weighted by Gasteiger charge is -2.23. The molecule has 3 aromatic carbocycles. The maximum absolute atomic E-state index is 13.4. The van der Waals surface area contributed by atoms with E-state index in [-0.39, 0.29) is 17.1 Å². The summed E-state index contributed by atoms with van der Waals surface area (Å²) in [7, 11) is 1.53. The van der Waals surface area contributed by atoms with Crippen LogP contribution in [-0.2, 0) is 9.59 Å². The second-order valence-corrected chi connectivity index (χ2v) is 9.06. The lowest BCUT2D eigenvalue weighted by atomic mass is 9.95. The van der Waals surface area contributed by atoms with Gasteiger partial charge in [-0.2, -0.15) is 0 Å². The van der Waals surface area contributed by atoms with Crippen molar-refractivity contribution in [1.82, 2.24) is 4.98 Å². The summed E-state index contributed by atoms with van der Waals surface area (Å²) in [6.07, 6.45) is 0. The molecule has 1 amide bonds. The Kier molecular flexibility index (Phi) is 6.07. The highest BCUT2D eigenvalue weighted by Gasteiger charge is 2.48. The number of carbonyl (C=O) groups excluding carboxylic acids is 2. The third-order valence-corrected chi connectivity index (χ3v) is 6.90. The number of phenolic OH excluding ortho intramolecular Hbond substituents is 1. The summed E-state index contributed by atoms with van der Waals surface area (Å²) in [5.74, 6) is -0.631. The van der Waals surface area contributed by atoms with Gasteiger partial charge in [-0.3, -0.25) is 14.5 Å². The maximum atomic E-state index is 13.4. The number of ether oxygens (including phenoxy) is 2. The number of fused-ring (bicyclic) bond motifs is 1. The van der Waals surface area contributed by atoms with Gasteiger partial charge in [0.15, 0.2) is 5.13 Å². The number of carbonyl (C=O) groups is 2. The highest BCUT2D eigenvalue weighted by Crippen LogP contribution is 2.45. The quantitative estimate of drug-likeness (QED) is 0.216. The Morgan fingerprint density at radius 1 is 1.03 bits per heavy atom. The van der Waals surface area contributed by atoms with Crippen molar-refractivity contribution in [2.75, 3.05) is 18.6 Å². The van der Waals surface area contributed by atoms with E-state index in [4.69, 9.17) is 9.47 Å². The molecule has 1 saturated heterocycles. The summed E-state index contributed by atoms with van der Waals surface area (Å²) in [5, 5.41) is 21.3. The van der Waals surface area contributed by atoms with E-state index in [9.17, 15) is 19.8 Å². The number of rotatable bonds is 6. The fraction of sp³-hybridized carbons (Fsp3) is 0.148. The van der Waals surface area contributed by atoms with Crippen LogP contribution in [0, 0.1) is 0 Å². The van der Waals surface area contributed by atoms with Crippen molar-refractivity contribution in [3.63, 3.8) is 0 Å². The van der Waals surface area contributed by atoms with Crippen molar-refractivity contribution >= 4 is 44.1 Å². The molecule has 0 bridgehead atoms. The van der Waals surface area contributed by atoms with Crippen LogP contribution in [0.2, 0.25) is 0 Å². The summed E-state index contributed by atoms with van der Waals surface area (Å²) >= 11 is 1.25. The molecule has 0 radical (unpaired) electrons. The number of aromatic hydroxyl groups is 1. The number of thiazole rings is 1. The summed E-state index contributed by atoms with van der Waals surface area (Å²) in [6.45, 7) is 2.40. The minimum atomic E-state index is -0.945. The van der Waals surface area contributed by atoms with E-state index in [1.807, 2.05) is 13.0 Å². The first-order valence-corrected chi connectivity index (χ1v) is 12.0. The number of Topliss-reactive ketones (excluding diaryl/α,β-unsaturated/α-hetero) is 1. The third-order valence-electron chi connectivity index (χ3n) is 5.88. The number of hydrogen-bond donors (Lipinski definition) is 2. The standard InChI is InChI=1S/C27H22N2O6S/c1-3-35-19-12-13-20-21(14-19)36-27(28-20)29-23(15-4-8-17(30)9-5-15)22(25(32)26(29)33)24(31)16-6-10-18(34-2)11-7-16/h4-14,23,30-31H,3H2,1-2H3/b24-22+. The number of aromatic nitrogens is 1. The number of ketones is 1. The van der Waals surface area contributed by atoms with Gasteiger partial charge in [0.25, 0.3) is 5.78 Å². The molecule has 5 rings (SSSR count). The number of aliphatic hydroxyl groups is 1. The van der Waals surface area contributed by atoms with Crippen LogP contribution in [0.4, 0.5) is 5.13 Å². The van der Waals surface area contributed by atoms with Gasteiger partial charge in [0.05, 0.1) is 35.5 Å². The molecule has 4 aromatic rings. The van der Waals surface area contributed by atoms with Crippen LogP contribution in [0.3, 0.4) is 0 Å². The number of phenols is 1. The van der Waals surface area contributed by atoms with Crippen molar-refractivity contribution in [3.8, 4) is 17.2 Å². The van der Waals surface area contributed by atoms with Crippen molar-refractivity contribution < 1.29 is 29.3 Å². The molecule has 0 saturated carbocycles. The predicted octanol–water partition coefficient (Wildman–Crippen LogP) is 5.04. The molecule has 1 aromatic heterocycles. The predicted molar refractivity (Wildman–Crippen MR) is 137 cm³/mol. The number of hydrogen-bond acceptors (Lipinski definition) is 8. The molecule has 0 spiro atoms. The Morgan fingerprint density at radius 3 is 2.39 bits per heavy atom. The highest BCUT2D eigenvalue weighted by atomic mass is 32.1. The van der Waals surface area contributed by atoms with E-state index >= 15 is 0 Å². The SMILES string of the molecule is CCOc1ccc2nc(N3C(=O)C(=O)/C(=C(/O)c4ccc(OC)cc4)C3c3ccc(O)cc3)sc2c1. The average Bonchev–Trinajstić information content (AvgIpc) is 3.42. The van der Waals surface area contributed by atoms with Crippen LogP contribution in [0.1, 0.15) is 24.1 Å². The van der Waals surface area contributed by atoms with Crippen LogP contribution < -0.4 is 14.4 Å². The van der Waals surface area contributed by atoms with Gasteiger partial charge in [-0.1, -0.05) is 23.5 Å². The van der Waals surface area contributed by atoms with Crippen LogP contribution in [0.5, 0.6) is 17.2 Å². The van der Waals surface area contributed by atoms with Gasteiger partial charge in [0.2, 0.25) is 0 Å². The van der Waals surface area contributed by atoms with E-state index in [0.29, 0.717) is 39.9 Å². The Morgan fingerprint density at radius 2 is 1.72 bits per heavy atom. The topological polar surface area (TPSA) is 109 Å². The largest absolute Gasteiger partial charge is 0.508 e. The van der Waals surface area contributed by atoms with Crippen molar-refractivity contribution in [2.45, 2.75) is 13.0 Å². The molecule has 1 unspecified atom stereocenters. The van der Waals surface area contributed by atoms with Crippen LogP contribution >= 0.6 is 11.3 Å².